The minimum absolute atomic E-state index is 0.0411. The first-order chi connectivity index (χ1) is 9.88. The Labute approximate surface area is 121 Å². The standard InChI is InChI=1S/C15H17F2NO3/c1-9-7-18(8-12(9)15(20)21)14(19)5-2-10-6-11(16)3-4-13(10)17/h3-4,6,9,12H,2,5,7-8H2,1H3,(H,20,21)/t9-,12-/m1/s1. The SMILES string of the molecule is C[C@@H]1CN(C(=O)CCc2cc(F)ccc2F)C[C@H]1C(=O)O. The second kappa shape index (κ2) is 6.20. The minimum atomic E-state index is -0.908. The third-order valence-corrected chi connectivity index (χ3v) is 3.90. The summed E-state index contributed by atoms with van der Waals surface area (Å²) in [5.74, 6) is -2.87. The van der Waals surface area contributed by atoms with Gasteiger partial charge in [-0.2, -0.15) is 0 Å². The monoisotopic (exact) mass is 297 g/mol. The van der Waals surface area contributed by atoms with Crippen LogP contribution in [0.15, 0.2) is 18.2 Å². The highest BCUT2D eigenvalue weighted by Crippen LogP contribution is 2.24. The van der Waals surface area contributed by atoms with E-state index < -0.39 is 23.5 Å². The summed E-state index contributed by atoms with van der Waals surface area (Å²) in [5.41, 5.74) is 0.158. The van der Waals surface area contributed by atoms with Crippen LogP contribution in [-0.4, -0.2) is 35.0 Å². The molecule has 0 saturated carbocycles. The van der Waals surface area contributed by atoms with Crippen molar-refractivity contribution in [2.45, 2.75) is 19.8 Å². The summed E-state index contributed by atoms with van der Waals surface area (Å²) in [7, 11) is 0. The summed E-state index contributed by atoms with van der Waals surface area (Å²) in [6, 6.07) is 3.14. The van der Waals surface area contributed by atoms with Gasteiger partial charge in [0, 0.05) is 19.5 Å². The third-order valence-electron chi connectivity index (χ3n) is 3.90. The lowest BCUT2D eigenvalue weighted by atomic mass is 9.99. The van der Waals surface area contributed by atoms with Gasteiger partial charge in [-0.05, 0) is 36.1 Å². The van der Waals surface area contributed by atoms with Gasteiger partial charge in [0.15, 0.2) is 0 Å². The molecule has 1 N–H and O–H groups in total. The summed E-state index contributed by atoms with van der Waals surface area (Å²) in [5, 5.41) is 9.03. The number of amides is 1. The summed E-state index contributed by atoms with van der Waals surface area (Å²) < 4.78 is 26.5. The Bertz CT molecular complexity index is 562. The molecule has 6 heteroatoms. The van der Waals surface area contributed by atoms with E-state index in [1.807, 2.05) is 0 Å². The van der Waals surface area contributed by atoms with Crippen LogP contribution in [0.2, 0.25) is 0 Å². The second-order valence-electron chi connectivity index (χ2n) is 5.46. The molecule has 0 aliphatic carbocycles. The summed E-state index contributed by atoms with van der Waals surface area (Å²) in [4.78, 5) is 24.5. The van der Waals surface area contributed by atoms with E-state index in [2.05, 4.69) is 0 Å². The molecule has 1 aromatic carbocycles. The molecule has 0 radical (unpaired) electrons. The first-order valence-corrected chi connectivity index (χ1v) is 6.83. The molecule has 0 unspecified atom stereocenters. The van der Waals surface area contributed by atoms with Gasteiger partial charge in [0.05, 0.1) is 5.92 Å². The minimum Gasteiger partial charge on any atom is -0.481 e. The molecule has 2 atom stereocenters. The molecule has 1 heterocycles. The van der Waals surface area contributed by atoms with Gasteiger partial charge >= 0.3 is 5.97 Å². The maximum Gasteiger partial charge on any atom is 0.308 e. The first kappa shape index (κ1) is 15.4. The highest BCUT2D eigenvalue weighted by Gasteiger charge is 2.36. The number of carboxylic acid groups (broad SMARTS) is 1. The zero-order valence-corrected chi connectivity index (χ0v) is 11.7. The molecule has 4 nitrogen and oxygen atoms in total. The van der Waals surface area contributed by atoms with Crippen molar-refractivity contribution < 1.29 is 23.5 Å². The van der Waals surface area contributed by atoms with E-state index in [0.29, 0.717) is 6.54 Å². The van der Waals surface area contributed by atoms with Crippen molar-refractivity contribution >= 4 is 11.9 Å². The lowest BCUT2D eigenvalue weighted by Gasteiger charge is -2.16. The number of benzene rings is 1. The van der Waals surface area contributed by atoms with E-state index in [-0.39, 0.29) is 36.8 Å². The zero-order chi connectivity index (χ0) is 15.6. The molecular formula is C15H17F2NO3. The van der Waals surface area contributed by atoms with Gasteiger partial charge in [-0.1, -0.05) is 6.92 Å². The van der Waals surface area contributed by atoms with Crippen LogP contribution in [0.5, 0.6) is 0 Å². The van der Waals surface area contributed by atoms with Crippen molar-refractivity contribution in [3.05, 3.63) is 35.4 Å². The number of nitrogens with zero attached hydrogens (tertiary/aromatic N) is 1. The van der Waals surface area contributed by atoms with Crippen LogP contribution in [0.4, 0.5) is 8.78 Å². The smallest absolute Gasteiger partial charge is 0.308 e. The molecule has 0 spiro atoms. The number of likely N-dealkylation sites (tertiary alicyclic amines) is 1. The third kappa shape index (κ3) is 3.56. The molecule has 2 rings (SSSR count). The van der Waals surface area contributed by atoms with Crippen molar-refractivity contribution in [2.75, 3.05) is 13.1 Å². The summed E-state index contributed by atoms with van der Waals surface area (Å²) in [6.07, 6.45) is 0.143. The van der Waals surface area contributed by atoms with E-state index in [1.54, 1.807) is 6.92 Å². The lowest BCUT2D eigenvalue weighted by molar-refractivity contribution is -0.142. The predicted molar refractivity (Wildman–Crippen MR) is 71.5 cm³/mol. The zero-order valence-electron chi connectivity index (χ0n) is 11.7. The van der Waals surface area contributed by atoms with E-state index in [9.17, 15) is 18.4 Å². The Morgan fingerprint density at radius 3 is 2.67 bits per heavy atom. The average Bonchev–Trinajstić information content (AvgIpc) is 2.82. The van der Waals surface area contributed by atoms with Gasteiger partial charge in [-0.15, -0.1) is 0 Å². The van der Waals surface area contributed by atoms with Crippen molar-refractivity contribution in [3.8, 4) is 0 Å². The number of carboxylic acids is 1. The van der Waals surface area contributed by atoms with Crippen LogP contribution in [-0.2, 0) is 16.0 Å². The fourth-order valence-electron chi connectivity index (χ4n) is 2.63. The fourth-order valence-corrected chi connectivity index (χ4v) is 2.63. The molecule has 0 aromatic heterocycles. The van der Waals surface area contributed by atoms with Crippen LogP contribution in [0.25, 0.3) is 0 Å². The Kier molecular flexibility index (Phi) is 4.55. The number of halogens is 2. The molecule has 114 valence electrons. The Morgan fingerprint density at radius 2 is 2.05 bits per heavy atom. The van der Waals surface area contributed by atoms with Gasteiger partial charge in [0.25, 0.3) is 0 Å². The van der Waals surface area contributed by atoms with Crippen molar-refractivity contribution in [1.29, 1.82) is 0 Å². The van der Waals surface area contributed by atoms with E-state index >= 15 is 0 Å². The van der Waals surface area contributed by atoms with Crippen molar-refractivity contribution in [2.24, 2.45) is 11.8 Å². The van der Waals surface area contributed by atoms with E-state index in [4.69, 9.17) is 5.11 Å². The lowest BCUT2D eigenvalue weighted by Crippen LogP contribution is -2.30. The molecular weight excluding hydrogens is 280 g/mol. The van der Waals surface area contributed by atoms with Crippen LogP contribution < -0.4 is 0 Å². The Morgan fingerprint density at radius 1 is 1.33 bits per heavy atom. The number of carbonyl (C=O) groups excluding carboxylic acids is 1. The molecule has 1 fully saturated rings. The highest BCUT2D eigenvalue weighted by molar-refractivity contribution is 5.79. The molecule has 1 aliphatic heterocycles. The number of rotatable bonds is 4. The van der Waals surface area contributed by atoms with Crippen LogP contribution in [0.1, 0.15) is 18.9 Å². The summed E-state index contributed by atoms with van der Waals surface area (Å²) >= 11 is 0. The van der Waals surface area contributed by atoms with Crippen molar-refractivity contribution in [3.63, 3.8) is 0 Å². The normalized spacial score (nSPS) is 21.6. The number of aliphatic carboxylic acids is 1. The van der Waals surface area contributed by atoms with E-state index in [0.717, 1.165) is 18.2 Å². The van der Waals surface area contributed by atoms with Crippen LogP contribution in [0.3, 0.4) is 0 Å². The van der Waals surface area contributed by atoms with E-state index in [1.165, 1.54) is 4.90 Å². The number of carbonyl (C=O) groups is 2. The predicted octanol–water partition coefficient (Wildman–Crippen LogP) is 2.08. The van der Waals surface area contributed by atoms with Gasteiger partial charge in [-0.25, -0.2) is 8.78 Å². The second-order valence-corrected chi connectivity index (χ2v) is 5.46. The maximum absolute atomic E-state index is 13.5. The fraction of sp³-hybridized carbons (Fsp3) is 0.467. The molecule has 1 aliphatic rings. The number of aryl methyl sites for hydroxylation is 1. The quantitative estimate of drug-likeness (QED) is 0.925. The van der Waals surface area contributed by atoms with Gasteiger partial charge in [0.2, 0.25) is 5.91 Å². The van der Waals surface area contributed by atoms with Crippen molar-refractivity contribution in [1.82, 2.24) is 4.90 Å². The van der Waals surface area contributed by atoms with Crippen LogP contribution in [0, 0.1) is 23.5 Å². The van der Waals surface area contributed by atoms with Gasteiger partial charge < -0.3 is 10.0 Å². The largest absolute Gasteiger partial charge is 0.481 e. The highest BCUT2D eigenvalue weighted by atomic mass is 19.1. The molecule has 1 saturated heterocycles. The number of hydrogen-bond acceptors (Lipinski definition) is 2. The topological polar surface area (TPSA) is 57.6 Å². The molecule has 1 amide bonds. The van der Waals surface area contributed by atoms with Gasteiger partial charge in [0.1, 0.15) is 11.6 Å². The Hall–Kier alpha value is -1.98. The average molecular weight is 297 g/mol. The Balaban J connectivity index is 1.94. The van der Waals surface area contributed by atoms with Crippen LogP contribution >= 0.6 is 0 Å². The molecule has 1 aromatic rings. The summed E-state index contributed by atoms with van der Waals surface area (Å²) in [6.45, 7) is 2.36. The number of hydrogen-bond donors (Lipinski definition) is 1. The molecule has 21 heavy (non-hydrogen) atoms. The first-order valence-electron chi connectivity index (χ1n) is 6.83. The van der Waals surface area contributed by atoms with Gasteiger partial charge in [-0.3, -0.25) is 9.59 Å². The maximum atomic E-state index is 13.5. The molecule has 0 bridgehead atoms.